The molecule has 1 nitrogen and oxygen atoms in total. The standard InChI is InChI=1S/C11H8BrClFNS/c1-5-3-8(13)7(4-9(5)14)11-15-6(2)10(12)16-11/h3-4H,1-2H3. The maximum atomic E-state index is 13.5. The summed E-state index contributed by atoms with van der Waals surface area (Å²) < 4.78 is 14.4. The number of hydrogen-bond acceptors (Lipinski definition) is 2. The fourth-order valence-electron chi connectivity index (χ4n) is 1.30. The van der Waals surface area contributed by atoms with Crippen LogP contribution in [-0.4, -0.2) is 4.98 Å². The first-order valence-corrected chi connectivity index (χ1v) is 6.56. The van der Waals surface area contributed by atoms with Gasteiger partial charge in [0.25, 0.3) is 0 Å². The van der Waals surface area contributed by atoms with Crippen LogP contribution < -0.4 is 0 Å². The summed E-state index contributed by atoms with van der Waals surface area (Å²) >= 11 is 10.9. The molecule has 84 valence electrons. The van der Waals surface area contributed by atoms with Gasteiger partial charge < -0.3 is 0 Å². The molecule has 0 unspecified atom stereocenters. The Kier molecular flexibility index (Phi) is 3.33. The van der Waals surface area contributed by atoms with Crippen LogP contribution in [0.3, 0.4) is 0 Å². The van der Waals surface area contributed by atoms with Crippen LogP contribution in [0.5, 0.6) is 0 Å². The van der Waals surface area contributed by atoms with E-state index in [2.05, 4.69) is 20.9 Å². The molecule has 2 rings (SSSR count). The summed E-state index contributed by atoms with van der Waals surface area (Å²) in [4.78, 5) is 4.33. The minimum Gasteiger partial charge on any atom is -0.240 e. The van der Waals surface area contributed by atoms with Crippen molar-refractivity contribution in [3.05, 3.63) is 38.0 Å². The quantitative estimate of drug-likeness (QED) is 0.722. The van der Waals surface area contributed by atoms with Gasteiger partial charge in [0.2, 0.25) is 0 Å². The van der Waals surface area contributed by atoms with Crippen molar-refractivity contribution in [3.8, 4) is 10.6 Å². The smallest absolute Gasteiger partial charge is 0.126 e. The van der Waals surface area contributed by atoms with Gasteiger partial charge in [-0.3, -0.25) is 0 Å². The fraction of sp³-hybridized carbons (Fsp3) is 0.182. The van der Waals surface area contributed by atoms with Crippen molar-refractivity contribution in [2.45, 2.75) is 13.8 Å². The zero-order valence-electron chi connectivity index (χ0n) is 8.64. The molecule has 1 aromatic carbocycles. The molecule has 0 atom stereocenters. The third kappa shape index (κ3) is 2.14. The number of nitrogens with zero attached hydrogens (tertiary/aromatic N) is 1. The van der Waals surface area contributed by atoms with Crippen LogP contribution in [-0.2, 0) is 0 Å². The number of rotatable bonds is 1. The topological polar surface area (TPSA) is 12.9 Å². The first-order chi connectivity index (χ1) is 7.49. The van der Waals surface area contributed by atoms with E-state index in [1.54, 1.807) is 13.0 Å². The summed E-state index contributed by atoms with van der Waals surface area (Å²) in [5.41, 5.74) is 2.07. The molecular formula is C11H8BrClFNS. The van der Waals surface area contributed by atoms with Gasteiger partial charge in [-0.05, 0) is 47.5 Å². The van der Waals surface area contributed by atoms with Crippen molar-refractivity contribution in [1.82, 2.24) is 4.98 Å². The Morgan fingerprint density at radius 2 is 2.06 bits per heavy atom. The molecule has 0 amide bonds. The summed E-state index contributed by atoms with van der Waals surface area (Å²) in [6.07, 6.45) is 0. The van der Waals surface area contributed by atoms with E-state index in [0.29, 0.717) is 16.1 Å². The molecule has 0 saturated carbocycles. The van der Waals surface area contributed by atoms with Crippen molar-refractivity contribution >= 4 is 38.9 Å². The molecule has 0 aliphatic heterocycles. The van der Waals surface area contributed by atoms with Crippen molar-refractivity contribution in [2.75, 3.05) is 0 Å². The second-order valence-electron chi connectivity index (χ2n) is 3.46. The summed E-state index contributed by atoms with van der Waals surface area (Å²) in [7, 11) is 0. The van der Waals surface area contributed by atoms with E-state index < -0.39 is 0 Å². The number of hydrogen-bond donors (Lipinski definition) is 0. The predicted molar refractivity (Wildman–Crippen MR) is 69.7 cm³/mol. The molecule has 2 aromatic rings. The van der Waals surface area contributed by atoms with E-state index >= 15 is 0 Å². The Labute approximate surface area is 110 Å². The normalized spacial score (nSPS) is 10.8. The highest BCUT2D eigenvalue weighted by Crippen LogP contribution is 2.36. The maximum absolute atomic E-state index is 13.5. The van der Waals surface area contributed by atoms with Crippen LogP contribution in [0.2, 0.25) is 5.02 Å². The average Bonchev–Trinajstić information content (AvgIpc) is 2.53. The van der Waals surface area contributed by atoms with E-state index in [4.69, 9.17) is 11.6 Å². The SMILES string of the molecule is Cc1cc(Cl)c(-c2nc(C)c(Br)s2)cc1F. The monoisotopic (exact) mass is 319 g/mol. The number of benzene rings is 1. The molecule has 0 aliphatic carbocycles. The Balaban J connectivity index is 2.60. The third-order valence-corrected chi connectivity index (χ3v) is 4.57. The molecule has 0 fully saturated rings. The summed E-state index contributed by atoms with van der Waals surface area (Å²) in [5, 5.41) is 1.26. The highest BCUT2D eigenvalue weighted by Gasteiger charge is 2.13. The molecule has 1 heterocycles. The van der Waals surface area contributed by atoms with Crippen LogP contribution in [0.4, 0.5) is 4.39 Å². The first-order valence-electron chi connectivity index (χ1n) is 4.58. The maximum Gasteiger partial charge on any atom is 0.126 e. The Bertz CT molecular complexity index is 534. The lowest BCUT2D eigenvalue weighted by Crippen LogP contribution is -1.86. The summed E-state index contributed by atoms with van der Waals surface area (Å²) in [5.74, 6) is -0.261. The van der Waals surface area contributed by atoms with Crippen LogP contribution >= 0.6 is 38.9 Å². The molecule has 1 aromatic heterocycles. The average molecular weight is 321 g/mol. The van der Waals surface area contributed by atoms with E-state index in [1.165, 1.54) is 17.4 Å². The van der Waals surface area contributed by atoms with Crippen LogP contribution in [0.15, 0.2) is 15.9 Å². The largest absolute Gasteiger partial charge is 0.240 e. The molecule has 0 saturated heterocycles. The van der Waals surface area contributed by atoms with Gasteiger partial charge in [-0.15, -0.1) is 11.3 Å². The van der Waals surface area contributed by atoms with Gasteiger partial charge in [-0.25, -0.2) is 9.37 Å². The predicted octanol–water partition coefficient (Wildman–Crippen LogP) is 4.98. The highest BCUT2D eigenvalue weighted by atomic mass is 79.9. The highest BCUT2D eigenvalue weighted by molar-refractivity contribution is 9.11. The van der Waals surface area contributed by atoms with E-state index in [-0.39, 0.29) is 5.82 Å². The van der Waals surface area contributed by atoms with Crippen molar-refractivity contribution < 1.29 is 4.39 Å². The number of aryl methyl sites for hydroxylation is 2. The molecule has 0 radical (unpaired) electrons. The minimum atomic E-state index is -0.261. The Hall–Kier alpha value is -0.450. The molecular weight excluding hydrogens is 313 g/mol. The van der Waals surface area contributed by atoms with Gasteiger partial charge in [0.05, 0.1) is 14.5 Å². The molecule has 0 N–H and O–H groups in total. The lowest BCUT2D eigenvalue weighted by molar-refractivity contribution is 0.619. The first kappa shape index (κ1) is 12.0. The van der Waals surface area contributed by atoms with Gasteiger partial charge in [-0.1, -0.05) is 11.6 Å². The molecule has 16 heavy (non-hydrogen) atoms. The lowest BCUT2D eigenvalue weighted by atomic mass is 10.1. The fourth-order valence-corrected chi connectivity index (χ4v) is 3.04. The van der Waals surface area contributed by atoms with Gasteiger partial charge in [0.15, 0.2) is 0 Å². The molecule has 0 aliphatic rings. The molecule has 0 spiro atoms. The van der Waals surface area contributed by atoms with Gasteiger partial charge in [0, 0.05) is 5.56 Å². The van der Waals surface area contributed by atoms with Gasteiger partial charge in [-0.2, -0.15) is 0 Å². The number of thiazole rings is 1. The Morgan fingerprint density at radius 3 is 2.62 bits per heavy atom. The second-order valence-corrected chi connectivity index (χ2v) is 6.18. The summed E-state index contributed by atoms with van der Waals surface area (Å²) in [6, 6.07) is 3.05. The van der Waals surface area contributed by atoms with E-state index in [0.717, 1.165) is 14.5 Å². The van der Waals surface area contributed by atoms with Crippen LogP contribution in [0.1, 0.15) is 11.3 Å². The lowest BCUT2D eigenvalue weighted by Gasteiger charge is -2.03. The zero-order valence-corrected chi connectivity index (χ0v) is 11.8. The van der Waals surface area contributed by atoms with E-state index in [1.807, 2.05) is 6.92 Å². The zero-order chi connectivity index (χ0) is 11.9. The minimum absolute atomic E-state index is 0.261. The Morgan fingerprint density at radius 1 is 1.38 bits per heavy atom. The number of aromatic nitrogens is 1. The van der Waals surface area contributed by atoms with Crippen molar-refractivity contribution in [2.24, 2.45) is 0 Å². The number of halogens is 3. The van der Waals surface area contributed by atoms with Crippen molar-refractivity contribution in [3.63, 3.8) is 0 Å². The van der Waals surface area contributed by atoms with Crippen LogP contribution in [0, 0.1) is 19.7 Å². The third-order valence-electron chi connectivity index (χ3n) is 2.22. The molecule has 0 bridgehead atoms. The second kappa shape index (κ2) is 4.43. The van der Waals surface area contributed by atoms with Crippen molar-refractivity contribution in [1.29, 1.82) is 0 Å². The molecule has 5 heteroatoms. The van der Waals surface area contributed by atoms with Crippen LogP contribution in [0.25, 0.3) is 10.6 Å². The van der Waals surface area contributed by atoms with Gasteiger partial charge in [0.1, 0.15) is 10.8 Å². The van der Waals surface area contributed by atoms with E-state index in [9.17, 15) is 4.39 Å². The van der Waals surface area contributed by atoms with Gasteiger partial charge >= 0.3 is 0 Å². The summed E-state index contributed by atoms with van der Waals surface area (Å²) in [6.45, 7) is 3.58.